The summed E-state index contributed by atoms with van der Waals surface area (Å²) in [7, 11) is 0. The van der Waals surface area contributed by atoms with Crippen molar-refractivity contribution in [1.82, 2.24) is 0 Å². The van der Waals surface area contributed by atoms with E-state index in [1.165, 1.54) is 62.2 Å². The maximum absolute atomic E-state index is 6.97. The van der Waals surface area contributed by atoms with Gasteiger partial charge in [0.25, 0.3) is 0 Å². The average molecular weight is 1210 g/mol. The molecule has 0 saturated carbocycles. The smallest absolute Gasteiger partial charge is 0.136 e. The van der Waals surface area contributed by atoms with Gasteiger partial charge in [0.2, 0.25) is 0 Å². The molecule has 0 aliphatic carbocycles. The first-order chi connectivity index (χ1) is 45.6. The number of fused-ring (bicyclic) bond motifs is 14. The number of benzene rings is 15. The molecule has 4 aromatic heterocycles. The van der Waals surface area contributed by atoms with Gasteiger partial charge in [-0.2, -0.15) is 0 Å². The molecular formula is C86H52N2O2S2. The number of anilines is 6. The van der Waals surface area contributed by atoms with Gasteiger partial charge in [-0.15, -0.1) is 22.7 Å². The predicted molar refractivity (Wildman–Crippen MR) is 393 cm³/mol. The molecule has 6 heteroatoms. The van der Waals surface area contributed by atoms with Crippen LogP contribution in [0.5, 0.6) is 0 Å². The van der Waals surface area contributed by atoms with Gasteiger partial charge in [-0.1, -0.05) is 206 Å². The van der Waals surface area contributed by atoms with Crippen molar-refractivity contribution in [3.05, 3.63) is 315 Å². The minimum absolute atomic E-state index is 0.840. The van der Waals surface area contributed by atoms with Gasteiger partial charge in [-0.3, -0.25) is 0 Å². The summed E-state index contributed by atoms with van der Waals surface area (Å²) in [6.45, 7) is 0. The van der Waals surface area contributed by atoms with E-state index >= 15 is 0 Å². The number of rotatable bonds is 10. The SMILES string of the molecule is c1ccc(N(c2ccc(-c3ccc4sc5ccccc5c4c3)cc2)c2cccc3cc(-c4ccc5c(c4)oc4cccc(-c6ccccc6N(c6cccc7ccccc67)c6cccc7sc8ccccc8c67)c45)ccc23)c(-c2cccc3oc4ccccc4c23)c1. The molecule has 19 aromatic rings. The van der Waals surface area contributed by atoms with Gasteiger partial charge in [0, 0.05) is 89.5 Å². The van der Waals surface area contributed by atoms with Crippen LogP contribution < -0.4 is 9.80 Å². The van der Waals surface area contributed by atoms with Crippen LogP contribution in [-0.4, -0.2) is 0 Å². The highest BCUT2D eigenvalue weighted by atomic mass is 32.1. The minimum Gasteiger partial charge on any atom is -0.456 e. The van der Waals surface area contributed by atoms with E-state index in [0.717, 1.165) is 122 Å². The number of thiophene rings is 2. The van der Waals surface area contributed by atoms with Gasteiger partial charge in [0.1, 0.15) is 22.3 Å². The number of furan rings is 2. The second-order valence-corrected chi connectivity index (χ2v) is 26.0. The van der Waals surface area contributed by atoms with E-state index in [4.69, 9.17) is 8.83 Å². The Kier molecular flexibility index (Phi) is 12.0. The van der Waals surface area contributed by atoms with E-state index in [1.54, 1.807) is 0 Å². The Labute approximate surface area is 537 Å². The van der Waals surface area contributed by atoms with Gasteiger partial charge in [0.15, 0.2) is 0 Å². The van der Waals surface area contributed by atoms with Crippen LogP contribution in [0.2, 0.25) is 0 Å². The van der Waals surface area contributed by atoms with Crippen molar-refractivity contribution in [2.45, 2.75) is 0 Å². The number of para-hydroxylation sites is 3. The lowest BCUT2D eigenvalue weighted by Crippen LogP contribution is -2.12. The molecule has 430 valence electrons. The normalized spacial score (nSPS) is 11.9. The second-order valence-electron chi connectivity index (χ2n) is 23.8. The van der Waals surface area contributed by atoms with Crippen LogP contribution in [0, 0.1) is 0 Å². The molecule has 15 aromatic carbocycles. The predicted octanol–water partition coefficient (Wildman–Crippen LogP) is 26.1. The fourth-order valence-electron chi connectivity index (χ4n) is 14.5. The molecule has 4 heterocycles. The molecule has 0 unspecified atom stereocenters. The molecular weight excluding hydrogens is 1160 g/mol. The van der Waals surface area contributed by atoms with Gasteiger partial charge >= 0.3 is 0 Å². The largest absolute Gasteiger partial charge is 0.456 e. The first-order valence-corrected chi connectivity index (χ1v) is 32.8. The van der Waals surface area contributed by atoms with E-state index in [1.807, 2.05) is 28.7 Å². The average Bonchev–Trinajstić information content (AvgIpc) is 1.31. The van der Waals surface area contributed by atoms with E-state index in [2.05, 4.69) is 319 Å². The third kappa shape index (κ3) is 8.35. The van der Waals surface area contributed by atoms with Crippen LogP contribution in [0.1, 0.15) is 0 Å². The lowest BCUT2D eigenvalue weighted by atomic mass is 9.95. The van der Waals surface area contributed by atoms with E-state index in [0.29, 0.717) is 0 Å². The topological polar surface area (TPSA) is 32.8 Å². The summed E-state index contributed by atoms with van der Waals surface area (Å²) in [6.07, 6.45) is 0. The van der Waals surface area contributed by atoms with Crippen molar-refractivity contribution < 1.29 is 8.83 Å². The molecule has 0 saturated heterocycles. The Morgan fingerprint density at radius 3 is 1.43 bits per heavy atom. The fraction of sp³-hybridized carbons (Fsp3) is 0. The summed E-state index contributed by atoms with van der Waals surface area (Å²) in [5.41, 5.74) is 19.0. The van der Waals surface area contributed by atoms with Crippen LogP contribution in [0.15, 0.2) is 324 Å². The van der Waals surface area contributed by atoms with Crippen LogP contribution in [0.3, 0.4) is 0 Å². The van der Waals surface area contributed by atoms with Crippen molar-refractivity contribution in [2.75, 3.05) is 9.80 Å². The molecule has 0 aliphatic heterocycles. The first-order valence-electron chi connectivity index (χ1n) is 31.2. The lowest BCUT2D eigenvalue weighted by Gasteiger charge is -2.30. The molecule has 0 fully saturated rings. The third-order valence-electron chi connectivity index (χ3n) is 18.7. The first kappa shape index (κ1) is 52.4. The van der Waals surface area contributed by atoms with Crippen molar-refractivity contribution in [2.24, 2.45) is 0 Å². The quantitative estimate of drug-likeness (QED) is 0.137. The van der Waals surface area contributed by atoms with Crippen molar-refractivity contribution in [1.29, 1.82) is 0 Å². The number of nitrogens with zero attached hydrogens (tertiary/aromatic N) is 2. The Morgan fingerprint density at radius 1 is 0.217 bits per heavy atom. The minimum atomic E-state index is 0.840. The Balaban J connectivity index is 0.734. The van der Waals surface area contributed by atoms with E-state index < -0.39 is 0 Å². The van der Waals surface area contributed by atoms with Gasteiger partial charge in [-0.25, -0.2) is 0 Å². The maximum atomic E-state index is 6.97. The molecule has 0 amide bonds. The highest BCUT2D eigenvalue weighted by Crippen LogP contribution is 2.52. The Hall–Kier alpha value is -11.5. The summed E-state index contributed by atoms with van der Waals surface area (Å²) in [6, 6.07) is 115. The van der Waals surface area contributed by atoms with Crippen LogP contribution in [0.25, 0.3) is 150 Å². The highest BCUT2D eigenvalue weighted by Gasteiger charge is 2.26. The van der Waals surface area contributed by atoms with E-state index in [9.17, 15) is 0 Å². The molecule has 92 heavy (non-hydrogen) atoms. The number of hydrogen-bond acceptors (Lipinski definition) is 6. The number of hydrogen-bond donors (Lipinski definition) is 0. The summed E-state index contributed by atoms with van der Waals surface area (Å²) >= 11 is 3.70. The summed E-state index contributed by atoms with van der Waals surface area (Å²) in [5.74, 6) is 0. The standard InChI is InChI=1S/C86H52N2O2S2/c1-2-21-60-54(18-1)19-13-32-72(60)88(75-33-17-39-83-86(75)69-26-7-12-38-81(69)92-83)74-30-9-4-23-63(74)66-28-16-36-78-85(66)68-48-43-57(52-79(68)90-78)55-42-47-61-58(50-55)20-14-31-71(61)87(59-45-40-53(41-46-59)56-44-49-82-70(51-56)64-24-6-11-37-80(64)91-82)73-29-8-3-22-62(73)65-27-15-35-77-84(65)67-25-5-10-34-76(67)89-77/h1-52H. The molecule has 0 N–H and O–H groups in total. The summed E-state index contributed by atoms with van der Waals surface area (Å²) < 4.78 is 18.6. The Morgan fingerprint density at radius 2 is 0.663 bits per heavy atom. The third-order valence-corrected chi connectivity index (χ3v) is 21.0. The molecule has 0 atom stereocenters. The molecule has 19 rings (SSSR count). The zero-order valence-corrected chi connectivity index (χ0v) is 51.2. The monoisotopic (exact) mass is 1210 g/mol. The van der Waals surface area contributed by atoms with E-state index in [-0.39, 0.29) is 0 Å². The van der Waals surface area contributed by atoms with Gasteiger partial charge < -0.3 is 18.6 Å². The summed E-state index contributed by atoms with van der Waals surface area (Å²) in [4.78, 5) is 4.94. The van der Waals surface area contributed by atoms with Crippen molar-refractivity contribution >= 4 is 163 Å². The van der Waals surface area contributed by atoms with Crippen LogP contribution in [0.4, 0.5) is 34.1 Å². The van der Waals surface area contributed by atoms with Crippen molar-refractivity contribution in [3.8, 4) is 44.5 Å². The zero-order valence-electron chi connectivity index (χ0n) is 49.5. The van der Waals surface area contributed by atoms with Crippen LogP contribution in [-0.2, 0) is 0 Å². The summed E-state index contributed by atoms with van der Waals surface area (Å²) in [5, 5.41) is 14.1. The van der Waals surface area contributed by atoms with Crippen molar-refractivity contribution in [3.63, 3.8) is 0 Å². The van der Waals surface area contributed by atoms with Gasteiger partial charge in [-0.05, 0) is 153 Å². The molecule has 0 spiro atoms. The zero-order chi connectivity index (χ0) is 60.4. The maximum Gasteiger partial charge on any atom is 0.136 e. The Bertz CT molecular complexity index is 6180. The second kappa shape index (κ2) is 21.0. The highest BCUT2D eigenvalue weighted by molar-refractivity contribution is 7.26. The van der Waals surface area contributed by atoms with Crippen LogP contribution >= 0.6 is 22.7 Å². The lowest BCUT2D eigenvalue weighted by molar-refractivity contribution is 0.668. The molecule has 0 radical (unpaired) electrons. The fourth-order valence-corrected chi connectivity index (χ4v) is 16.7. The molecule has 0 aliphatic rings. The molecule has 4 nitrogen and oxygen atoms in total. The molecule has 0 bridgehead atoms. The van der Waals surface area contributed by atoms with Gasteiger partial charge in [0.05, 0.1) is 28.4 Å².